The third-order valence-electron chi connectivity index (χ3n) is 2.27. The van der Waals surface area contributed by atoms with Gasteiger partial charge in [-0.1, -0.05) is 6.07 Å². The van der Waals surface area contributed by atoms with Gasteiger partial charge in [-0.2, -0.15) is 0 Å². The summed E-state index contributed by atoms with van der Waals surface area (Å²) in [4.78, 5) is 0. The van der Waals surface area contributed by atoms with Crippen LogP contribution in [0.2, 0.25) is 0 Å². The molecule has 0 saturated carbocycles. The number of halogens is 1. The third-order valence-corrected chi connectivity index (χ3v) is 2.27. The largest absolute Gasteiger partial charge is 0.497 e. The van der Waals surface area contributed by atoms with Crippen molar-refractivity contribution in [2.75, 3.05) is 20.2 Å². The summed E-state index contributed by atoms with van der Waals surface area (Å²) in [6, 6.07) is 4.82. The molecule has 0 saturated heterocycles. The molecule has 0 aromatic heterocycles. The molecule has 0 radical (unpaired) electrons. The number of rotatable bonds is 5. The van der Waals surface area contributed by atoms with Crippen molar-refractivity contribution in [1.82, 2.24) is 5.32 Å². The van der Waals surface area contributed by atoms with Gasteiger partial charge in [-0.25, -0.2) is 4.39 Å². The van der Waals surface area contributed by atoms with Gasteiger partial charge in [-0.15, -0.1) is 0 Å². The van der Waals surface area contributed by atoms with E-state index in [9.17, 15) is 4.39 Å². The van der Waals surface area contributed by atoms with E-state index in [0.29, 0.717) is 24.4 Å². The summed E-state index contributed by atoms with van der Waals surface area (Å²) in [6.45, 7) is 3.12. The van der Waals surface area contributed by atoms with Crippen LogP contribution in [0, 0.1) is 5.82 Å². The Morgan fingerprint density at radius 2 is 2.27 bits per heavy atom. The molecule has 0 aliphatic heterocycles. The van der Waals surface area contributed by atoms with Crippen LogP contribution in [0.3, 0.4) is 0 Å². The second-order valence-corrected chi connectivity index (χ2v) is 3.35. The Hall–Kier alpha value is -1.13. The van der Waals surface area contributed by atoms with Crippen molar-refractivity contribution in [3.8, 4) is 5.75 Å². The Kier molecular flexibility index (Phi) is 4.52. The number of benzene rings is 1. The summed E-state index contributed by atoms with van der Waals surface area (Å²) in [7, 11) is 1.52. The monoisotopic (exact) mass is 212 g/mol. The molecule has 3 N–H and O–H groups in total. The maximum atomic E-state index is 13.6. The number of hydrogen-bond donors (Lipinski definition) is 2. The molecule has 84 valence electrons. The molecule has 1 unspecified atom stereocenters. The predicted octanol–water partition coefficient (Wildman–Crippen LogP) is 1.44. The summed E-state index contributed by atoms with van der Waals surface area (Å²) in [5.74, 6) is 0.272. The molecule has 15 heavy (non-hydrogen) atoms. The molecule has 3 nitrogen and oxygen atoms in total. The van der Waals surface area contributed by atoms with Crippen LogP contribution in [0.1, 0.15) is 18.5 Å². The average Bonchev–Trinajstić information content (AvgIpc) is 2.25. The fraction of sp³-hybridized carbons (Fsp3) is 0.455. The highest BCUT2D eigenvalue weighted by Gasteiger charge is 2.10. The zero-order valence-corrected chi connectivity index (χ0v) is 9.09. The molecule has 0 amide bonds. The van der Waals surface area contributed by atoms with Gasteiger partial charge < -0.3 is 15.8 Å². The summed E-state index contributed by atoms with van der Waals surface area (Å²) >= 11 is 0. The van der Waals surface area contributed by atoms with E-state index in [1.165, 1.54) is 13.2 Å². The van der Waals surface area contributed by atoms with Crippen LogP contribution >= 0.6 is 0 Å². The van der Waals surface area contributed by atoms with Crippen LogP contribution in [0.4, 0.5) is 4.39 Å². The second-order valence-electron chi connectivity index (χ2n) is 3.35. The molecular weight excluding hydrogens is 195 g/mol. The van der Waals surface area contributed by atoms with E-state index in [4.69, 9.17) is 10.5 Å². The fourth-order valence-corrected chi connectivity index (χ4v) is 1.40. The fourth-order valence-electron chi connectivity index (χ4n) is 1.40. The van der Waals surface area contributed by atoms with Crippen molar-refractivity contribution < 1.29 is 9.13 Å². The van der Waals surface area contributed by atoms with Gasteiger partial charge in [0.25, 0.3) is 0 Å². The molecule has 0 aliphatic rings. The zero-order chi connectivity index (χ0) is 11.3. The van der Waals surface area contributed by atoms with Crippen LogP contribution < -0.4 is 15.8 Å². The first kappa shape index (κ1) is 11.9. The van der Waals surface area contributed by atoms with E-state index >= 15 is 0 Å². The van der Waals surface area contributed by atoms with Gasteiger partial charge in [0, 0.05) is 30.8 Å². The number of nitrogens with one attached hydrogen (secondary N) is 1. The Morgan fingerprint density at radius 1 is 1.53 bits per heavy atom. The van der Waals surface area contributed by atoms with Gasteiger partial charge in [-0.05, 0) is 13.0 Å². The molecular formula is C11H17FN2O. The van der Waals surface area contributed by atoms with Crippen molar-refractivity contribution in [1.29, 1.82) is 0 Å². The SMILES string of the molecule is COc1ccc(C(C)NCCN)c(F)c1. The third kappa shape index (κ3) is 3.18. The van der Waals surface area contributed by atoms with Crippen molar-refractivity contribution in [3.63, 3.8) is 0 Å². The van der Waals surface area contributed by atoms with Crippen LogP contribution in [0.25, 0.3) is 0 Å². The number of hydrogen-bond acceptors (Lipinski definition) is 3. The highest BCUT2D eigenvalue weighted by atomic mass is 19.1. The molecule has 0 bridgehead atoms. The van der Waals surface area contributed by atoms with Crippen LogP contribution in [0.15, 0.2) is 18.2 Å². The van der Waals surface area contributed by atoms with Gasteiger partial charge in [-0.3, -0.25) is 0 Å². The summed E-state index contributed by atoms with van der Waals surface area (Å²) < 4.78 is 18.5. The molecule has 1 atom stereocenters. The molecule has 0 spiro atoms. The molecule has 1 aromatic rings. The molecule has 0 fully saturated rings. The standard InChI is InChI=1S/C11H17FN2O/c1-8(14-6-5-13)10-4-3-9(15-2)7-11(10)12/h3-4,7-8,14H,5-6,13H2,1-2H3. The smallest absolute Gasteiger partial charge is 0.131 e. The van der Waals surface area contributed by atoms with Crippen molar-refractivity contribution in [2.24, 2.45) is 5.73 Å². The van der Waals surface area contributed by atoms with Gasteiger partial charge in [0.1, 0.15) is 11.6 Å². The number of ether oxygens (including phenoxy) is 1. The summed E-state index contributed by atoms with van der Waals surface area (Å²) in [5, 5.41) is 3.12. The van der Waals surface area contributed by atoms with Crippen LogP contribution in [-0.2, 0) is 0 Å². The topological polar surface area (TPSA) is 47.3 Å². The van der Waals surface area contributed by atoms with E-state index in [2.05, 4.69) is 5.32 Å². The first-order chi connectivity index (χ1) is 7.19. The minimum absolute atomic E-state index is 0.0422. The van der Waals surface area contributed by atoms with Crippen molar-refractivity contribution in [3.05, 3.63) is 29.6 Å². The van der Waals surface area contributed by atoms with Gasteiger partial charge in [0.05, 0.1) is 7.11 Å². The Bertz CT molecular complexity index is 317. The Labute approximate surface area is 89.4 Å². The summed E-state index contributed by atoms with van der Waals surface area (Å²) in [6.07, 6.45) is 0. The Balaban J connectivity index is 2.76. The molecule has 0 aliphatic carbocycles. The maximum absolute atomic E-state index is 13.6. The molecule has 1 rings (SSSR count). The minimum Gasteiger partial charge on any atom is -0.497 e. The zero-order valence-electron chi connectivity index (χ0n) is 9.09. The molecule has 4 heteroatoms. The van der Waals surface area contributed by atoms with E-state index < -0.39 is 0 Å². The average molecular weight is 212 g/mol. The maximum Gasteiger partial charge on any atom is 0.131 e. The van der Waals surface area contributed by atoms with E-state index in [-0.39, 0.29) is 11.9 Å². The minimum atomic E-state index is -0.258. The number of methoxy groups -OCH3 is 1. The lowest BCUT2D eigenvalue weighted by Crippen LogP contribution is -2.25. The lowest BCUT2D eigenvalue weighted by Gasteiger charge is -2.14. The highest BCUT2D eigenvalue weighted by molar-refractivity contribution is 5.30. The van der Waals surface area contributed by atoms with E-state index in [1.807, 2.05) is 6.92 Å². The van der Waals surface area contributed by atoms with Crippen LogP contribution in [-0.4, -0.2) is 20.2 Å². The number of nitrogens with two attached hydrogens (primary N) is 1. The highest BCUT2D eigenvalue weighted by Crippen LogP contribution is 2.21. The second kappa shape index (κ2) is 5.68. The normalized spacial score (nSPS) is 12.5. The van der Waals surface area contributed by atoms with E-state index in [1.54, 1.807) is 12.1 Å². The summed E-state index contributed by atoms with van der Waals surface area (Å²) in [5.41, 5.74) is 5.99. The molecule has 0 heterocycles. The van der Waals surface area contributed by atoms with Crippen molar-refractivity contribution >= 4 is 0 Å². The van der Waals surface area contributed by atoms with Crippen LogP contribution in [0.5, 0.6) is 5.75 Å². The van der Waals surface area contributed by atoms with Gasteiger partial charge in [0.15, 0.2) is 0 Å². The quantitative estimate of drug-likeness (QED) is 0.776. The van der Waals surface area contributed by atoms with Gasteiger partial charge >= 0.3 is 0 Å². The van der Waals surface area contributed by atoms with Gasteiger partial charge in [0.2, 0.25) is 0 Å². The predicted molar refractivity (Wildman–Crippen MR) is 58.4 cm³/mol. The van der Waals surface area contributed by atoms with Crippen molar-refractivity contribution in [2.45, 2.75) is 13.0 Å². The first-order valence-corrected chi connectivity index (χ1v) is 4.96. The lowest BCUT2D eigenvalue weighted by molar-refractivity contribution is 0.409. The molecule has 1 aromatic carbocycles. The Morgan fingerprint density at radius 3 is 2.80 bits per heavy atom. The van der Waals surface area contributed by atoms with E-state index in [0.717, 1.165) is 0 Å². The first-order valence-electron chi connectivity index (χ1n) is 4.96. The lowest BCUT2D eigenvalue weighted by atomic mass is 10.1.